The predicted octanol–water partition coefficient (Wildman–Crippen LogP) is 1.67. The van der Waals surface area contributed by atoms with E-state index in [9.17, 15) is 25.1 Å². The number of nitrogen functional groups attached to an aromatic ring is 1. The number of phenolic OH excluding ortho intramolecular Hbond substituents is 2. The largest absolute Gasteiger partial charge is 0.507 e. The van der Waals surface area contributed by atoms with Gasteiger partial charge in [0.25, 0.3) is 5.91 Å². The van der Waals surface area contributed by atoms with Crippen LogP contribution in [0, 0.1) is 17.0 Å². The number of aromatic hydroxyl groups is 2. The smallest absolute Gasteiger partial charge is 0.311 e. The molecule has 0 radical (unpaired) electrons. The summed E-state index contributed by atoms with van der Waals surface area (Å²) in [6, 6.07) is 1.75. The number of fused-ring (bicyclic) bond motifs is 1. The molecule has 0 saturated heterocycles. The van der Waals surface area contributed by atoms with Crippen molar-refractivity contribution < 1.29 is 19.9 Å². The molecule has 0 spiro atoms. The second-order valence-corrected chi connectivity index (χ2v) is 6.35. The van der Waals surface area contributed by atoms with Gasteiger partial charge in [0, 0.05) is 17.7 Å². The third-order valence-electron chi connectivity index (χ3n) is 3.65. The minimum Gasteiger partial charge on any atom is -0.507 e. The maximum atomic E-state index is 12.3. The van der Waals surface area contributed by atoms with Gasteiger partial charge in [-0.1, -0.05) is 0 Å². The normalized spacial score (nSPS) is 11.1. The van der Waals surface area contributed by atoms with E-state index < -0.39 is 28.0 Å². The first kappa shape index (κ1) is 18.0. The number of phenols is 2. The number of thiophene rings is 1. The van der Waals surface area contributed by atoms with Crippen LogP contribution in [-0.2, 0) is 0 Å². The van der Waals surface area contributed by atoms with Crippen LogP contribution in [-0.4, -0.2) is 37.2 Å². The number of amides is 1. The molecule has 2 heterocycles. The maximum Gasteiger partial charge on any atom is 0.311 e. The number of rotatable bonds is 4. The number of carbonyl (C=O) groups is 1. The van der Waals surface area contributed by atoms with E-state index in [0.29, 0.717) is 20.7 Å². The standard InChI is InChI=1S/C15H12N6O5S/c1-6-11-13(16)17-5-18-15(11)27-12(6)14(24)20-19-4-7-2-8(21(25)26)10(23)3-9(7)22/h2-5,22-23H,1H3,(H,20,24)(H2,16,17,18)/b19-4-. The number of aromatic nitrogens is 2. The molecule has 11 nitrogen and oxygen atoms in total. The Balaban J connectivity index is 1.84. The van der Waals surface area contributed by atoms with Gasteiger partial charge in [0.1, 0.15) is 22.7 Å². The van der Waals surface area contributed by atoms with Gasteiger partial charge in [-0.25, -0.2) is 15.4 Å². The van der Waals surface area contributed by atoms with Crippen molar-refractivity contribution in [2.45, 2.75) is 6.92 Å². The lowest BCUT2D eigenvalue weighted by molar-refractivity contribution is -0.385. The number of nitrogens with zero attached hydrogens (tertiary/aromatic N) is 4. The second-order valence-electron chi connectivity index (χ2n) is 5.35. The van der Waals surface area contributed by atoms with Crippen molar-refractivity contribution >= 4 is 45.2 Å². The number of hydrogen-bond acceptors (Lipinski definition) is 10. The van der Waals surface area contributed by atoms with Gasteiger partial charge >= 0.3 is 5.69 Å². The first-order valence-corrected chi connectivity index (χ1v) is 8.14. The lowest BCUT2D eigenvalue weighted by Gasteiger charge is -2.02. The van der Waals surface area contributed by atoms with Crippen molar-refractivity contribution in [3.63, 3.8) is 0 Å². The van der Waals surface area contributed by atoms with Gasteiger partial charge in [0.2, 0.25) is 0 Å². The molecule has 1 amide bonds. The van der Waals surface area contributed by atoms with Crippen LogP contribution >= 0.6 is 11.3 Å². The molecular weight excluding hydrogens is 376 g/mol. The van der Waals surface area contributed by atoms with Crippen molar-refractivity contribution in [3.05, 3.63) is 44.6 Å². The van der Waals surface area contributed by atoms with Crippen molar-refractivity contribution in [1.29, 1.82) is 0 Å². The molecule has 0 saturated carbocycles. The van der Waals surface area contributed by atoms with E-state index in [1.165, 1.54) is 6.33 Å². The van der Waals surface area contributed by atoms with Crippen molar-refractivity contribution in [1.82, 2.24) is 15.4 Å². The fourth-order valence-corrected chi connectivity index (χ4v) is 3.40. The third kappa shape index (κ3) is 3.32. The average Bonchev–Trinajstić information content (AvgIpc) is 2.94. The van der Waals surface area contributed by atoms with Crippen LogP contribution < -0.4 is 11.2 Å². The van der Waals surface area contributed by atoms with E-state index in [1.807, 2.05) is 0 Å². The summed E-state index contributed by atoms with van der Waals surface area (Å²) in [6.07, 6.45) is 2.32. The fraction of sp³-hybridized carbons (Fsp3) is 0.0667. The number of nitro benzene ring substituents is 1. The van der Waals surface area contributed by atoms with Crippen LogP contribution in [0.3, 0.4) is 0 Å². The zero-order valence-electron chi connectivity index (χ0n) is 13.7. The van der Waals surface area contributed by atoms with E-state index in [-0.39, 0.29) is 11.4 Å². The Morgan fingerprint density at radius 2 is 2.11 bits per heavy atom. The predicted molar refractivity (Wildman–Crippen MR) is 98.1 cm³/mol. The van der Waals surface area contributed by atoms with Crippen LogP contribution in [0.5, 0.6) is 11.5 Å². The molecule has 5 N–H and O–H groups in total. The van der Waals surface area contributed by atoms with E-state index in [1.54, 1.807) is 6.92 Å². The molecule has 3 aromatic rings. The molecule has 2 aromatic heterocycles. The van der Waals surface area contributed by atoms with E-state index in [2.05, 4.69) is 20.5 Å². The van der Waals surface area contributed by atoms with Gasteiger partial charge in [0.05, 0.1) is 21.4 Å². The molecule has 0 unspecified atom stereocenters. The number of aryl methyl sites for hydroxylation is 1. The number of nitrogens with one attached hydrogen (secondary N) is 1. The average molecular weight is 388 g/mol. The molecule has 0 atom stereocenters. The van der Waals surface area contributed by atoms with Gasteiger partial charge in [0.15, 0.2) is 5.75 Å². The first-order valence-electron chi connectivity index (χ1n) is 7.33. The van der Waals surface area contributed by atoms with Crippen molar-refractivity contribution in [3.8, 4) is 11.5 Å². The highest BCUT2D eigenvalue weighted by molar-refractivity contribution is 7.20. The molecule has 12 heteroatoms. The zero-order valence-corrected chi connectivity index (χ0v) is 14.5. The summed E-state index contributed by atoms with van der Waals surface area (Å²) in [5, 5.41) is 34.3. The van der Waals surface area contributed by atoms with Crippen molar-refractivity contribution in [2.75, 3.05) is 5.73 Å². The number of nitrogens with two attached hydrogens (primary N) is 1. The highest BCUT2D eigenvalue weighted by atomic mass is 32.1. The summed E-state index contributed by atoms with van der Waals surface area (Å²) in [4.78, 5) is 31.2. The summed E-state index contributed by atoms with van der Waals surface area (Å²) in [7, 11) is 0. The molecule has 27 heavy (non-hydrogen) atoms. The fourth-order valence-electron chi connectivity index (χ4n) is 2.36. The maximum absolute atomic E-state index is 12.3. The minimum atomic E-state index is -0.809. The Morgan fingerprint density at radius 3 is 2.78 bits per heavy atom. The molecule has 0 fully saturated rings. The van der Waals surface area contributed by atoms with Gasteiger partial charge in [-0.3, -0.25) is 14.9 Å². The van der Waals surface area contributed by atoms with E-state index >= 15 is 0 Å². The van der Waals surface area contributed by atoms with Crippen LogP contribution in [0.1, 0.15) is 20.8 Å². The summed E-state index contributed by atoms with van der Waals surface area (Å²) in [5.41, 5.74) is 8.02. The molecule has 0 aliphatic rings. The van der Waals surface area contributed by atoms with Gasteiger partial charge < -0.3 is 15.9 Å². The first-order chi connectivity index (χ1) is 12.8. The van der Waals surface area contributed by atoms with Gasteiger partial charge in [-0.15, -0.1) is 11.3 Å². The molecule has 1 aromatic carbocycles. The number of anilines is 1. The highest BCUT2D eigenvalue weighted by Crippen LogP contribution is 2.33. The number of hydrazone groups is 1. The summed E-state index contributed by atoms with van der Waals surface area (Å²) in [6.45, 7) is 1.70. The van der Waals surface area contributed by atoms with Crippen LogP contribution in [0.15, 0.2) is 23.6 Å². The van der Waals surface area contributed by atoms with E-state index in [0.717, 1.165) is 29.7 Å². The number of hydrogen-bond donors (Lipinski definition) is 4. The van der Waals surface area contributed by atoms with Crippen molar-refractivity contribution in [2.24, 2.45) is 5.10 Å². The number of carbonyl (C=O) groups excluding carboxylic acids is 1. The van der Waals surface area contributed by atoms with Crippen LogP contribution in [0.25, 0.3) is 10.2 Å². The lowest BCUT2D eigenvalue weighted by Crippen LogP contribution is -2.17. The Morgan fingerprint density at radius 1 is 1.37 bits per heavy atom. The zero-order chi connectivity index (χ0) is 19.7. The SMILES string of the molecule is Cc1c(C(=O)N/N=C\c2cc([N+](=O)[O-])c(O)cc2O)sc2ncnc(N)c12. The second kappa shape index (κ2) is 6.84. The number of benzene rings is 1. The topological polar surface area (TPSA) is 177 Å². The van der Waals surface area contributed by atoms with Crippen LogP contribution in [0.4, 0.5) is 11.5 Å². The van der Waals surface area contributed by atoms with Gasteiger partial charge in [-0.2, -0.15) is 5.10 Å². The number of nitro groups is 1. The molecule has 0 bridgehead atoms. The molecule has 138 valence electrons. The van der Waals surface area contributed by atoms with Crippen LogP contribution in [0.2, 0.25) is 0 Å². The third-order valence-corrected chi connectivity index (χ3v) is 4.85. The minimum absolute atomic E-state index is 0.0528. The Bertz CT molecular complexity index is 1110. The Labute approximate surface area is 155 Å². The molecule has 0 aliphatic carbocycles. The quantitative estimate of drug-likeness (QED) is 0.296. The molecular formula is C15H12N6O5S. The molecule has 0 aliphatic heterocycles. The summed E-state index contributed by atoms with van der Waals surface area (Å²) < 4.78 is 0. The highest BCUT2D eigenvalue weighted by Gasteiger charge is 2.19. The monoisotopic (exact) mass is 388 g/mol. The summed E-state index contributed by atoms with van der Waals surface area (Å²) >= 11 is 1.12. The Hall–Kier alpha value is -3.80. The lowest BCUT2D eigenvalue weighted by atomic mass is 10.2. The summed E-state index contributed by atoms with van der Waals surface area (Å²) in [5.74, 6) is -1.40. The molecule has 3 rings (SSSR count). The Kier molecular flexibility index (Phi) is 4.56. The van der Waals surface area contributed by atoms with E-state index in [4.69, 9.17) is 5.73 Å². The van der Waals surface area contributed by atoms with Gasteiger partial charge in [-0.05, 0) is 12.5 Å².